The molecule has 1 aliphatic carbocycles. The minimum atomic E-state index is -5.33. The molecule has 4 N–H and O–H groups in total. The number of benzene rings is 2. The number of fused-ring (bicyclic) bond motifs is 7. The van der Waals surface area contributed by atoms with Crippen molar-refractivity contribution in [1.29, 1.82) is 0 Å². The lowest BCUT2D eigenvalue weighted by atomic mass is 9.73. The number of anilines is 1. The van der Waals surface area contributed by atoms with Crippen LogP contribution >= 0.6 is 0 Å². The maximum Gasteiger partial charge on any atom is 0.304 e. The molecule has 4 aliphatic rings. The number of hydrogen-bond acceptors (Lipinski definition) is 10. The van der Waals surface area contributed by atoms with Gasteiger partial charge in [0.15, 0.2) is 10.7 Å². The lowest BCUT2D eigenvalue weighted by molar-refractivity contribution is -0.138. The number of aliphatic carboxylic acids is 1. The van der Waals surface area contributed by atoms with Crippen LogP contribution in [0.25, 0.3) is 10.8 Å². The number of carboxylic acids is 1. The van der Waals surface area contributed by atoms with Crippen molar-refractivity contribution in [1.82, 2.24) is 0 Å². The summed E-state index contributed by atoms with van der Waals surface area (Å²) in [4.78, 5) is 23.8. The molecule has 0 saturated heterocycles. The predicted molar refractivity (Wildman–Crippen MR) is 149 cm³/mol. The fourth-order valence-electron chi connectivity index (χ4n) is 6.40. The number of allylic oxidation sites excluding steroid dienone is 4. The molecular weight excluding hydrogens is 630 g/mol. The van der Waals surface area contributed by atoms with Gasteiger partial charge in [-0.05, 0) is 53.6 Å². The summed E-state index contributed by atoms with van der Waals surface area (Å²) in [6.45, 7) is 1.89. The number of hydrogen-bond donors (Lipinski definition) is 4. The Bertz CT molecular complexity index is 2170. The van der Waals surface area contributed by atoms with E-state index in [0.29, 0.717) is 39.4 Å². The summed E-state index contributed by atoms with van der Waals surface area (Å²) >= 11 is 0. The van der Waals surface area contributed by atoms with Crippen LogP contribution in [0.3, 0.4) is 0 Å². The maximum atomic E-state index is 12.7. The molecule has 3 heterocycles. The highest BCUT2D eigenvalue weighted by atomic mass is 32.2. The van der Waals surface area contributed by atoms with E-state index in [2.05, 4.69) is 0 Å². The highest BCUT2D eigenvalue weighted by Crippen LogP contribution is 2.57. The molecule has 0 fully saturated rings. The van der Waals surface area contributed by atoms with E-state index in [4.69, 9.17) is 4.74 Å². The Morgan fingerprint density at radius 1 is 1.00 bits per heavy atom. The largest absolute Gasteiger partial charge is 0.483 e. The molecular formula is C26H21NO13S3. The third kappa shape index (κ3) is 4.42. The number of ketones is 1. The summed E-state index contributed by atoms with van der Waals surface area (Å²) in [5, 5.41) is 10.9. The van der Waals surface area contributed by atoms with Gasteiger partial charge in [-0.3, -0.25) is 23.2 Å². The monoisotopic (exact) mass is 651 g/mol. The van der Waals surface area contributed by atoms with Gasteiger partial charge in [0.1, 0.15) is 11.0 Å². The fraction of sp³-hybridized carbons (Fsp3) is 0.231. The molecule has 0 bridgehead atoms. The highest BCUT2D eigenvalue weighted by Gasteiger charge is 2.52. The van der Waals surface area contributed by atoms with Crippen LogP contribution in [-0.2, 0) is 50.1 Å². The van der Waals surface area contributed by atoms with Gasteiger partial charge in [0.05, 0.1) is 11.3 Å². The van der Waals surface area contributed by atoms with E-state index >= 15 is 0 Å². The van der Waals surface area contributed by atoms with Gasteiger partial charge in [-0.2, -0.15) is 25.3 Å². The van der Waals surface area contributed by atoms with E-state index in [9.17, 15) is 53.6 Å². The van der Waals surface area contributed by atoms with Crippen molar-refractivity contribution in [3.63, 3.8) is 0 Å². The first-order valence-corrected chi connectivity index (χ1v) is 16.8. The molecule has 0 saturated carbocycles. The standard InChI is InChI=1S/C26H21NO13S3/c1-26(11-20(28)29)21-15-4-3-14(41(31,32)33)8-12(15)2-5-17(21)27-7-6-18-16(25(26)27)9-13-10-19(42(34,35)36)22(30)24(23(13)40-18)43(37,38)39/h2-5,8-10,18H,6-7,11H2,1H3,(H,28,29)(H,31,32,33)(H,34,35,36)(H,37,38,39). The van der Waals surface area contributed by atoms with Gasteiger partial charge in [0.2, 0.25) is 5.78 Å². The smallest absolute Gasteiger partial charge is 0.304 e. The first kappa shape index (κ1) is 29.2. The molecule has 14 nitrogen and oxygen atoms in total. The number of rotatable bonds is 5. The zero-order valence-corrected chi connectivity index (χ0v) is 24.3. The van der Waals surface area contributed by atoms with Gasteiger partial charge in [-0.1, -0.05) is 12.1 Å². The van der Waals surface area contributed by atoms with Gasteiger partial charge in [-0.15, -0.1) is 0 Å². The molecule has 0 amide bonds. The van der Waals surface area contributed by atoms with Crippen molar-refractivity contribution in [2.24, 2.45) is 0 Å². The Kier molecular flexibility index (Phi) is 6.16. The molecule has 226 valence electrons. The number of carbonyl (C=O) groups is 2. The van der Waals surface area contributed by atoms with Gasteiger partial charge in [0.25, 0.3) is 20.2 Å². The van der Waals surface area contributed by atoms with Crippen molar-refractivity contribution >= 4 is 58.6 Å². The van der Waals surface area contributed by atoms with Crippen LogP contribution in [-0.4, -0.2) is 68.4 Å². The summed E-state index contributed by atoms with van der Waals surface area (Å²) in [6.07, 6.45) is 0.825. The number of Topliss-reactive ketones (excluding diaryl/α,β-unsaturated/α-hetero) is 1. The second-order valence-electron chi connectivity index (χ2n) is 10.6. The van der Waals surface area contributed by atoms with Crippen LogP contribution in [0.2, 0.25) is 0 Å². The Labute approximate surface area is 244 Å². The quantitative estimate of drug-likeness (QED) is 0.339. The first-order valence-electron chi connectivity index (χ1n) is 12.5. The van der Waals surface area contributed by atoms with Gasteiger partial charge in [-0.25, -0.2) is 0 Å². The molecule has 2 unspecified atom stereocenters. The molecule has 2 aromatic rings. The average Bonchev–Trinajstić information content (AvgIpc) is 3.12. The third-order valence-corrected chi connectivity index (χ3v) is 10.5. The van der Waals surface area contributed by atoms with E-state index in [-0.39, 0.29) is 23.4 Å². The fourth-order valence-corrected chi connectivity index (χ4v) is 8.34. The molecule has 6 rings (SSSR count). The summed E-state index contributed by atoms with van der Waals surface area (Å²) in [5.41, 5.74) is 0.319. The lowest BCUT2D eigenvalue weighted by Crippen LogP contribution is -2.41. The van der Waals surface area contributed by atoms with E-state index in [1.807, 2.05) is 4.90 Å². The predicted octanol–water partition coefficient (Wildman–Crippen LogP) is 2.08. The second kappa shape index (κ2) is 9.07. The summed E-state index contributed by atoms with van der Waals surface area (Å²) in [7, 11) is -15.1. The van der Waals surface area contributed by atoms with Gasteiger partial charge < -0.3 is 14.7 Å². The minimum Gasteiger partial charge on any atom is -0.483 e. The molecule has 0 aromatic heterocycles. The SMILES string of the molecule is CC1(CC(=O)O)C2=C3C=C4C=C(S(=O)(=O)O)C(=O)C(S(=O)(=O)O)=C4OC3CCN2c2ccc3cc(S(=O)(=O)O)ccc3c21. The molecule has 0 spiro atoms. The number of carbonyl (C=O) groups excluding carboxylic acids is 1. The van der Waals surface area contributed by atoms with Crippen molar-refractivity contribution in [3.05, 3.63) is 80.5 Å². The van der Waals surface area contributed by atoms with Crippen molar-refractivity contribution < 1.29 is 58.3 Å². The number of ether oxygens (including phenoxy) is 1. The third-order valence-electron chi connectivity index (χ3n) is 7.93. The first-order chi connectivity index (χ1) is 19.8. The topological polar surface area (TPSA) is 230 Å². The molecule has 43 heavy (non-hydrogen) atoms. The molecule has 2 aromatic carbocycles. The van der Waals surface area contributed by atoms with E-state index < -0.39 is 75.6 Å². The Balaban J connectivity index is 1.67. The minimum absolute atomic E-state index is 0.191. The molecule has 2 atom stereocenters. The summed E-state index contributed by atoms with van der Waals surface area (Å²) in [6, 6.07) is 7.20. The van der Waals surface area contributed by atoms with E-state index in [0.717, 1.165) is 0 Å². The molecule has 3 aliphatic heterocycles. The van der Waals surface area contributed by atoms with Crippen molar-refractivity contribution in [2.75, 3.05) is 11.4 Å². The van der Waals surface area contributed by atoms with Crippen molar-refractivity contribution in [3.8, 4) is 0 Å². The van der Waals surface area contributed by atoms with Crippen LogP contribution in [0.15, 0.2) is 79.8 Å². The Morgan fingerprint density at radius 3 is 2.30 bits per heavy atom. The average molecular weight is 652 g/mol. The maximum absolute atomic E-state index is 12.7. The lowest BCUT2D eigenvalue weighted by Gasteiger charge is -2.41. The summed E-state index contributed by atoms with van der Waals surface area (Å²) in [5.74, 6) is -3.47. The van der Waals surface area contributed by atoms with Gasteiger partial charge >= 0.3 is 16.1 Å². The Hall–Kier alpha value is -3.87. The number of nitrogens with zero attached hydrogens (tertiary/aromatic N) is 1. The van der Waals surface area contributed by atoms with Crippen LogP contribution in [0.4, 0.5) is 5.69 Å². The van der Waals surface area contributed by atoms with Crippen LogP contribution in [0.1, 0.15) is 25.3 Å². The zero-order chi connectivity index (χ0) is 31.4. The zero-order valence-electron chi connectivity index (χ0n) is 21.9. The highest BCUT2D eigenvalue weighted by molar-refractivity contribution is 7.93. The molecule has 0 radical (unpaired) electrons. The Morgan fingerprint density at radius 2 is 1.70 bits per heavy atom. The van der Waals surface area contributed by atoms with E-state index in [1.54, 1.807) is 19.1 Å². The summed E-state index contributed by atoms with van der Waals surface area (Å²) < 4.78 is 107. The second-order valence-corrected chi connectivity index (χ2v) is 14.8. The van der Waals surface area contributed by atoms with Gasteiger partial charge in [0, 0.05) is 40.9 Å². The van der Waals surface area contributed by atoms with Crippen LogP contribution < -0.4 is 4.90 Å². The van der Waals surface area contributed by atoms with Crippen molar-refractivity contribution in [2.45, 2.75) is 36.2 Å². The van der Waals surface area contributed by atoms with E-state index in [1.165, 1.54) is 24.3 Å². The van der Waals surface area contributed by atoms with Crippen LogP contribution in [0.5, 0.6) is 0 Å². The van der Waals surface area contributed by atoms with Crippen LogP contribution in [0, 0.1) is 0 Å². The number of carboxylic acid groups (broad SMARTS) is 1. The normalized spacial score (nSPS) is 23.7. The molecule has 17 heteroatoms.